The van der Waals surface area contributed by atoms with Gasteiger partial charge >= 0.3 is 0 Å². The van der Waals surface area contributed by atoms with Gasteiger partial charge in [0.15, 0.2) is 0 Å². The van der Waals surface area contributed by atoms with Crippen LogP contribution in [0.15, 0.2) is 16.7 Å². The molecule has 0 fully saturated rings. The maximum atomic E-state index is 5.98. The van der Waals surface area contributed by atoms with Gasteiger partial charge in [-0.05, 0) is 40.4 Å². The molecule has 0 unspecified atom stereocenters. The van der Waals surface area contributed by atoms with Crippen molar-refractivity contribution in [2.45, 2.75) is 26.8 Å². The standard InChI is InChI=1S/C10H15BrN2/c1-6(2)10(12)9-4-7(3)8(11)5-13-9/h4-6,10H,12H2,1-3H3/t10-/m0/s1. The van der Waals surface area contributed by atoms with Crippen LogP contribution in [0.3, 0.4) is 0 Å². The zero-order valence-corrected chi connectivity index (χ0v) is 9.80. The monoisotopic (exact) mass is 242 g/mol. The minimum atomic E-state index is 0.0341. The summed E-state index contributed by atoms with van der Waals surface area (Å²) in [5.74, 6) is 0.424. The fraction of sp³-hybridized carbons (Fsp3) is 0.500. The molecule has 0 amide bonds. The Morgan fingerprint density at radius 3 is 2.54 bits per heavy atom. The molecule has 0 saturated carbocycles. The summed E-state index contributed by atoms with van der Waals surface area (Å²) in [6, 6.07) is 2.07. The van der Waals surface area contributed by atoms with Crippen LogP contribution in [-0.2, 0) is 0 Å². The normalized spacial score (nSPS) is 13.4. The Kier molecular flexibility index (Phi) is 3.45. The number of aryl methyl sites for hydroxylation is 1. The van der Waals surface area contributed by atoms with Crippen molar-refractivity contribution >= 4 is 15.9 Å². The second-order valence-corrected chi connectivity index (χ2v) is 4.48. The summed E-state index contributed by atoms with van der Waals surface area (Å²) in [6.45, 7) is 6.25. The smallest absolute Gasteiger partial charge is 0.0577 e. The van der Waals surface area contributed by atoms with Gasteiger partial charge in [0.05, 0.1) is 5.69 Å². The van der Waals surface area contributed by atoms with E-state index in [0.29, 0.717) is 5.92 Å². The van der Waals surface area contributed by atoms with Crippen molar-refractivity contribution in [2.75, 3.05) is 0 Å². The summed E-state index contributed by atoms with van der Waals surface area (Å²) in [7, 11) is 0. The topological polar surface area (TPSA) is 38.9 Å². The SMILES string of the molecule is Cc1cc([C@@H](N)C(C)C)ncc1Br. The first-order valence-electron chi connectivity index (χ1n) is 4.40. The van der Waals surface area contributed by atoms with Crippen LogP contribution in [0, 0.1) is 12.8 Å². The van der Waals surface area contributed by atoms with Crippen LogP contribution in [0.4, 0.5) is 0 Å². The molecular formula is C10H15BrN2. The lowest BCUT2D eigenvalue weighted by atomic mass is 10.0. The third kappa shape index (κ3) is 2.51. The summed E-state index contributed by atoms with van der Waals surface area (Å²) >= 11 is 3.41. The summed E-state index contributed by atoms with van der Waals surface area (Å²) < 4.78 is 1.03. The number of halogens is 1. The molecule has 1 aromatic rings. The molecule has 0 radical (unpaired) electrons. The van der Waals surface area contributed by atoms with Crippen LogP contribution in [0.1, 0.15) is 31.1 Å². The highest BCUT2D eigenvalue weighted by molar-refractivity contribution is 9.10. The fourth-order valence-corrected chi connectivity index (χ4v) is 1.30. The third-order valence-corrected chi connectivity index (χ3v) is 2.96. The Bertz CT molecular complexity index is 297. The molecule has 1 aromatic heterocycles. The molecule has 2 nitrogen and oxygen atoms in total. The van der Waals surface area contributed by atoms with E-state index in [0.717, 1.165) is 10.2 Å². The van der Waals surface area contributed by atoms with E-state index in [1.807, 2.05) is 19.2 Å². The maximum absolute atomic E-state index is 5.98. The molecule has 1 rings (SSSR count). The maximum Gasteiger partial charge on any atom is 0.0577 e. The number of rotatable bonds is 2. The van der Waals surface area contributed by atoms with Crippen LogP contribution in [0.5, 0.6) is 0 Å². The fourth-order valence-electron chi connectivity index (χ4n) is 1.08. The van der Waals surface area contributed by atoms with Crippen molar-refractivity contribution < 1.29 is 0 Å². The summed E-state index contributed by atoms with van der Waals surface area (Å²) in [6.07, 6.45) is 1.81. The van der Waals surface area contributed by atoms with Crippen molar-refractivity contribution in [2.24, 2.45) is 11.7 Å². The largest absolute Gasteiger partial charge is 0.322 e. The second kappa shape index (κ2) is 4.20. The highest BCUT2D eigenvalue weighted by Crippen LogP contribution is 2.21. The number of pyridine rings is 1. The molecule has 1 heterocycles. The average molecular weight is 243 g/mol. The van der Waals surface area contributed by atoms with Gasteiger partial charge in [0, 0.05) is 16.7 Å². The minimum absolute atomic E-state index is 0.0341. The highest BCUT2D eigenvalue weighted by Gasteiger charge is 2.12. The Labute approximate surface area is 87.7 Å². The molecule has 0 aromatic carbocycles. The summed E-state index contributed by atoms with van der Waals surface area (Å²) in [5, 5.41) is 0. The molecule has 1 atom stereocenters. The molecule has 72 valence electrons. The zero-order valence-electron chi connectivity index (χ0n) is 8.21. The zero-order chi connectivity index (χ0) is 10.0. The van der Waals surface area contributed by atoms with Crippen molar-refractivity contribution in [3.05, 3.63) is 28.0 Å². The molecule has 3 heteroatoms. The van der Waals surface area contributed by atoms with Gasteiger partial charge in [-0.3, -0.25) is 4.98 Å². The van der Waals surface area contributed by atoms with Crippen molar-refractivity contribution in [1.29, 1.82) is 0 Å². The van der Waals surface area contributed by atoms with Crippen LogP contribution >= 0.6 is 15.9 Å². The molecule has 2 N–H and O–H groups in total. The average Bonchev–Trinajstić information content (AvgIpc) is 2.08. The van der Waals surface area contributed by atoms with Gasteiger partial charge in [0.25, 0.3) is 0 Å². The molecular weight excluding hydrogens is 228 g/mol. The highest BCUT2D eigenvalue weighted by atomic mass is 79.9. The van der Waals surface area contributed by atoms with Gasteiger partial charge in [0.1, 0.15) is 0 Å². The minimum Gasteiger partial charge on any atom is -0.322 e. The van der Waals surface area contributed by atoms with Crippen molar-refractivity contribution in [3.8, 4) is 0 Å². The van der Waals surface area contributed by atoms with Gasteiger partial charge in [-0.1, -0.05) is 13.8 Å². The Balaban J connectivity index is 2.97. The lowest BCUT2D eigenvalue weighted by Crippen LogP contribution is -2.18. The molecule has 0 aliphatic carbocycles. The van der Waals surface area contributed by atoms with Crippen molar-refractivity contribution in [1.82, 2.24) is 4.98 Å². The Morgan fingerprint density at radius 1 is 1.46 bits per heavy atom. The van der Waals surface area contributed by atoms with Crippen LogP contribution in [0.2, 0.25) is 0 Å². The van der Waals surface area contributed by atoms with Gasteiger partial charge in [0.2, 0.25) is 0 Å². The second-order valence-electron chi connectivity index (χ2n) is 3.63. The molecule has 0 spiro atoms. The number of aromatic nitrogens is 1. The molecule has 0 saturated heterocycles. The number of hydrogen-bond acceptors (Lipinski definition) is 2. The summed E-state index contributed by atoms with van der Waals surface area (Å²) in [4.78, 5) is 4.29. The van der Waals surface area contributed by atoms with Crippen molar-refractivity contribution in [3.63, 3.8) is 0 Å². The number of nitrogens with zero attached hydrogens (tertiary/aromatic N) is 1. The van der Waals surface area contributed by atoms with E-state index >= 15 is 0 Å². The van der Waals surface area contributed by atoms with Crippen LogP contribution < -0.4 is 5.73 Å². The van der Waals surface area contributed by atoms with Crippen LogP contribution in [-0.4, -0.2) is 4.98 Å². The van der Waals surface area contributed by atoms with E-state index in [4.69, 9.17) is 5.73 Å². The van der Waals surface area contributed by atoms with Crippen LogP contribution in [0.25, 0.3) is 0 Å². The lowest BCUT2D eigenvalue weighted by molar-refractivity contribution is 0.502. The number of nitrogens with two attached hydrogens (primary N) is 1. The first kappa shape index (κ1) is 10.7. The Hall–Kier alpha value is -0.410. The predicted octanol–water partition coefficient (Wildman–Crippen LogP) is 2.81. The van der Waals surface area contributed by atoms with Gasteiger partial charge < -0.3 is 5.73 Å². The molecule has 0 bridgehead atoms. The first-order valence-corrected chi connectivity index (χ1v) is 5.19. The van der Waals surface area contributed by atoms with E-state index < -0.39 is 0 Å². The number of hydrogen-bond donors (Lipinski definition) is 1. The Morgan fingerprint density at radius 2 is 2.08 bits per heavy atom. The van der Waals surface area contributed by atoms with E-state index in [9.17, 15) is 0 Å². The summed E-state index contributed by atoms with van der Waals surface area (Å²) in [5.41, 5.74) is 8.13. The van der Waals surface area contributed by atoms with E-state index in [-0.39, 0.29) is 6.04 Å². The third-order valence-electron chi connectivity index (χ3n) is 2.13. The van der Waals surface area contributed by atoms with Gasteiger partial charge in [-0.2, -0.15) is 0 Å². The van der Waals surface area contributed by atoms with Gasteiger partial charge in [-0.15, -0.1) is 0 Å². The molecule has 0 aliphatic rings. The molecule has 13 heavy (non-hydrogen) atoms. The van der Waals surface area contributed by atoms with E-state index in [2.05, 4.69) is 34.8 Å². The van der Waals surface area contributed by atoms with E-state index in [1.54, 1.807) is 0 Å². The first-order chi connectivity index (χ1) is 6.02. The van der Waals surface area contributed by atoms with Gasteiger partial charge in [-0.25, -0.2) is 0 Å². The lowest BCUT2D eigenvalue weighted by Gasteiger charge is -2.15. The predicted molar refractivity (Wildman–Crippen MR) is 58.4 cm³/mol. The molecule has 0 aliphatic heterocycles. The van der Waals surface area contributed by atoms with E-state index in [1.165, 1.54) is 5.56 Å². The quantitative estimate of drug-likeness (QED) is 0.867.